The number of halogens is 3. The average Bonchev–Trinajstić information content (AvgIpc) is 2.48. The lowest BCUT2D eigenvalue weighted by Crippen LogP contribution is -2.25. The van der Waals surface area contributed by atoms with Gasteiger partial charge in [-0.15, -0.1) is 0 Å². The Balaban J connectivity index is 1.77. The molecule has 1 nitrogen and oxygen atoms in total. The van der Waals surface area contributed by atoms with Gasteiger partial charge in [-0.05, 0) is 55.2 Å². The molecule has 0 unspecified atom stereocenters. The Bertz CT molecular complexity index is 584. The molecule has 21 heavy (non-hydrogen) atoms. The van der Waals surface area contributed by atoms with Gasteiger partial charge in [-0.25, -0.2) is 4.39 Å². The molecule has 2 aromatic rings. The fourth-order valence-electron chi connectivity index (χ4n) is 2.07. The van der Waals surface area contributed by atoms with Gasteiger partial charge < -0.3 is 5.32 Å². The van der Waals surface area contributed by atoms with Crippen LogP contribution in [0.4, 0.5) is 4.39 Å². The minimum Gasteiger partial charge on any atom is -0.310 e. The minimum atomic E-state index is -0.202. The normalized spacial score (nSPS) is 12.4. The Hall–Kier alpha value is -1.09. The van der Waals surface area contributed by atoms with Gasteiger partial charge >= 0.3 is 0 Å². The highest BCUT2D eigenvalue weighted by atomic mass is 35.5. The third kappa shape index (κ3) is 5.31. The lowest BCUT2D eigenvalue weighted by atomic mass is 10.1. The summed E-state index contributed by atoms with van der Waals surface area (Å²) in [5.41, 5.74) is 2.26. The summed E-state index contributed by atoms with van der Waals surface area (Å²) in [7, 11) is 0. The summed E-state index contributed by atoms with van der Waals surface area (Å²) in [4.78, 5) is 0. The van der Waals surface area contributed by atoms with Gasteiger partial charge in [-0.1, -0.05) is 41.4 Å². The van der Waals surface area contributed by atoms with Crippen LogP contribution in [-0.4, -0.2) is 6.04 Å². The molecule has 2 aromatic carbocycles. The number of rotatable bonds is 6. The molecule has 0 aliphatic carbocycles. The first-order chi connectivity index (χ1) is 10.0. The van der Waals surface area contributed by atoms with Crippen molar-refractivity contribution >= 4 is 23.2 Å². The second kappa shape index (κ2) is 7.79. The van der Waals surface area contributed by atoms with E-state index in [2.05, 4.69) is 12.2 Å². The van der Waals surface area contributed by atoms with Gasteiger partial charge in [0, 0.05) is 12.6 Å². The van der Waals surface area contributed by atoms with Gasteiger partial charge in [0.05, 0.1) is 10.0 Å². The van der Waals surface area contributed by atoms with Gasteiger partial charge in [0.15, 0.2) is 0 Å². The Kier molecular flexibility index (Phi) is 6.04. The van der Waals surface area contributed by atoms with E-state index in [1.165, 1.54) is 17.7 Å². The predicted molar refractivity (Wildman–Crippen MR) is 87.5 cm³/mol. The maximum atomic E-state index is 12.8. The zero-order chi connectivity index (χ0) is 15.2. The molecule has 4 heteroatoms. The summed E-state index contributed by atoms with van der Waals surface area (Å²) < 4.78 is 12.8. The van der Waals surface area contributed by atoms with E-state index in [0.29, 0.717) is 16.1 Å². The van der Waals surface area contributed by atoms with Crippen molar-refractivity contribution in [3.63, 3.8) is 0 Å². The second-order valence-corrected chi connectivity index (χ2v) is 6.01. The zero-order valence-corrected chi connectivity index (χ0v) is 13.4. The molecule has 0 aliphatic rings. The van der Waals surface area contributed by atoms with Crippen LogP contribution in [0.15, 0.2) is 42.5 Å². The van der Waals surface area contributed by atoms with Crippen LogP contribution in [0.25, 0.3) is 0 Å². The highest BCUT2D eigenvalue weighted by Gasteiger charge is 2.04. The maximum absolute atomic E-state index is 12.8. The van der Waals surface area contributed by atoms with E-state index in [1.54, 1.807) is 12.1 Å². The molecule has 0 aromatic heterocycles. The van der Waals surface area contributed by atoms with Crippen LogP contribution in [0.5, 0.6) is 0 Å². The number of benzene rings is 2. The molecule has 0 heterocycles. The molecule has 0 aliphatic heterocycles. The van der Waals surface area contributed by atoms with Crippen LogP contribution in [0, 0.1) is 5.82 Å². The van der Waals surface area contributed by atoms with Crippen LogP contribution in [-0.2, 0) is 13.0 Å². The van der Waals surface area contributed by atoms with E-state index < -0.39 is 0 Å². The van der Waals surface area contributed by atoms with Gasteiger partial charge in [0.2, 0.25) is 0 Å². The van der Waals surface area contributed by atoms with Crippen molar-refractivity contribution in [2.24, 2.45) is 0 Å². The molecular formula is C17H18Cl2FN. The average molecular weight is 326 g/mol. The number of aryl methyl sites for hydroxylation is 1. The van der Waals surface area contributed by atoms with E-state index >= 15 is 0 Å². The molecule has 2 rings (SSSR count). The largest absolute Gasteiger partial charge is 0.310 e. The number of nitrogens with one attached hydrogen (secondary N) is 1. The minimum absolute atomic E-state index is 0.202. The van der Waals surface area contributed by atoms with Crippen molar-refractivity contribution < 1.29 is 4.39 Å². The van der Waals surface area contributed by atoms with Crippen molar-refractivity contribution in [3.05, 3.63) is 69.5 Å². The molecule has 0 saturated heterocycles. The Labute approximate surface area is 135 Å². The number of hydrogen-bond donors (Lipinski definition) is 1. The maximum Gasteiger partial charge on any atom is 0.123 e. The predicted octanol–water partition coefficient (Wildman–Crippen LogP) is 5.24. The lowest BCUT2D eigenvalue weighted by molar-refractivity contribution is 0.513. The van der Waals surface area contributed by atoms with Crippen LogP contribution in [0.3, 0.4) is 0 Å². The van der Waals surface area contributed by atoms with Gasteiger partial charge in [-0.2, -0.15) is 0 Å². The summed E-state index contributed by atoms with van der Waals surface area (Å²) in [5.74, 6) is -0.202. The molecule has 0 spiro atoms. The van der Waals surface area contributed by atoms with Crippen molar-refractivity contribution in [1.29, 1.82) is 0 Å². The Morgan fingerprint density at radius 2 is 1.67 bits per heavy atom. The molecule has 0 radical (unpaired) electrons. The zero-order valence-electron chi connectivity index (χ0n) is 11.9. The van der Waals surface area contributed by atoms with E-state index in [4.69, 9.17) is 23.2 Å². The van der Waals surface area contributed by atoms with Gasteiger partial charge in [0.1, 0.15) is 5.82 Å². The number of hydrogen-bond acceptors (Lipinski definition) is 1. The third-order valence-electron chi connectivity index (χ3n) is 3.42. The van der Waals surface area contributed by atoms with Gasteiger partial charge in [0.25, 0.3) is 0 Å². The van der Waals surface area contributed by atoms with E-state index in [-0.39, 0.29) is 5.82 Å². The molecule has 0 bridgehead atoms. The standard InChI is InChI=1S/C17H18Cl2FN/c1-12(21-11-14-4-7-15(20)8-5-14)2-3-13-6-9-16(18)17(19)10-13/h4-10,12,21H,2-3,11H2,1H3/t12-/m1/s1. The molecule has 0 fully saturated rings. The molecule has 0 saturated carbocycles. The Morgan fingerprint density at radius 1 is 1.00 bits per heavy atom. The summed E-state index contributed by atoms with van der Waals surface area (Å²) in [5, 5.41) is 4.62. The van der Waals surface area contributed by atoms with Crippen LogP contribution in [0.2, 0.25) is 10.0 Å². The monoisotopic (exact) mass is 325 g/mol. The van der Waals surface area contributed by atoms with Crippen molar-refractivity contribution in [2.45, 2.75) is 32.4 Å². The smallest absolute Gasteiger partial charge is 0.123 e. The molecule has 1 atom stereocenters. The fourth-order valence-corrected chi connectivity index (χ4v) is 2.40. The SMILES string of the molecule is C[C@H](CCc1ccc(Cl)c(Cl)c1)NCc1ccc(F)cc1. The van der Waals surface area contributed by atoms with Crippen LogP contribution in [0.1, 0.15) is 24.5 Å². The summed E-state index contributed by atoms with van der Waals surface area (Å²) >= 11 is 11.9. The molecule has 1 N–H and O–H groups in total. The Morgan fingerprint density at radius 3 is 2.33 bits per heavy atom. The van der Waals surface area contributed by atoms with Crippen molar-refractivity contribution in [1.82, 2.24) is 5.32 Å². The van der Waals surface area contributed by atoms with Crippen molar-refractivity contribution in [3.8, 4) is 0 Å². The highest BCUT2D eigenvalue weighted by molar-refractivity contribution is 6.42. The summed E-state index contributed by atoms with van der Waals surface area (Å²) in [6, 6.07) is 12.7. The quantitative estimate of drug-likeness (QED) is 0.765. The van der Waals surface area contributed by atoms with Crippen molar-refractivity contribution in [2.75, 3.05) is 0 Å². The van der Waals surface area contributed by atoms with E-state index in [0.717, 1.165) is 24.9 Å². The summed E-state index contributed by atoms with van der Waals surface area (Å²) in [6.45, 7) is 2.88. The van der Waals surface area contributed by atoms with Crippen LogP contribution >= 0.6 is 23.2 Å². The highest BCUT2D eigenvalue weighted by Crippen LogP contribution is 2.23. The second-order valence-electron chi connectivity index (χ2n) is 5.20. The molecular weight excluding hydrogens is 308 g/mol. The lowest BCUT2D eigenvalue weighted by Gasteiger charge is -2.14. The summed E-state index contributed by atoms with van der Waals surface area (Å²) in [6.07, 6.45) is 1.94. The topological polar surface area (TPSA) is 12.0 Å². The molecule has 0 amide bonds. The van der Waals surface area contributed by atoms with Crippen LogP contribution < -0.4 is 5.32 Å². The van der Waals surface area contributed by atoms with E-state index in [9.17, 15) is 4.39 Å². The molecule has 112 valence electrons. The first kappa shape index (κ1) is 16.3. The first-order valence-corrected chi connectivity index (χ1v) is 7.72. The fraction of sp³-hybridized carbons (Fsp3) is 0.294. The first-order valence-electron chi connectivity index (χ1n) is 6.96. The third-order valence-corrected chi connectivity index (χ3v) is 4.16. The van der Waals surface area contributed by atoms with E-state index in [1.807, 2.05) is 18.2 Å². The van der Waals surface area contributed by atoms with Gasteiger partial charge in [-0.3, -0.25) is 0 Å².